The zero-order valence-electron chi connectivity index (χ0n) is 17.1. The maximum Gasteiger partial charge on any atom is 0.233 e. The van der Waals surface area contributed by atoms with Gasteiger partial charge in [0.25, 0.3) is 0 Å². The monoisotopic (exact) mass is 410 g/mol. The third kappa shape index (κ3) is 5.62. The Kier molecular flexibility index (Phi) is 6.90. The summed E-state index contributed by atoms with van der Waals surface area (Å²) in [6.45, 7) is 7.00. The number of piperazine rings is 1. The fourth-order valence-electron chi connectivity index (χ4n) is 3.95. The first kappa shape index (κ1) is 20.5. The third-order valence-electron chi connectivity index (χ3n) is 5.93. The molecule has 2 aromatic rings. The van der Waals surface area contributed by atoms with E-state index in [1.807, 2.05) is 17.0 Å². The summed E-state index contributed by atoms with van der Waals surface area (Å²) in [6.07, 6.45) is 1.24. The lowest BCUT2D eigenvalue weighted by molar-refractivity contribution is -0.131. The zero-order chi connectivity index (χ0) is 20.1. The molecule has 4 nitrogen and oxygen atoms in total. The summed E-state index contributed by atoms with van der Waals surface area (Å²) in [5, 5.41) is 0. The van der Waals surface area contributed by atoms with Gasteiger partial charge >= 0.3 is 0 Å². The highest BCUT2D eigenvalue weighted by atomic mass is 32.2. The Morgan fingerprint density at radius 3 is 2.52 bits per heavy atom. The molecule has 0 radical (unpaired) electrons. The number of thioether (sulfide) groups is 1. The van der Waals surface area contributed by atoms with Crippen LogP contribution in [0.5, 0.6) is 0 Å². The van der Waals surface area contributed by atoms with Crippen molar-refractivity contribution in [2.75, 3.05) is 45.3 Å². The topological polar surface area (TPSA) is 32.8 Å². The molecule has 2 atom stereocenters. The summed E-state index contributed by atoms with van der Waals surface area (Å²) in [5.41, 5.74) is 2.68. The lowest BCUT2D eigenvalue weighted by Crippen LogP contribution is -2.49. The Morgan fingerprint density at radius 1 is 1.03 bits per heavy atom. The van der Waals surface area contributed by atoms with E-state index in [9.17, 15) is 4.79 Å². The number of hydrogen-bond donors (Lipinski definition) is 0. The van der Waals surface area contributed by atoms with Crippen LogP contribution in [0.15, 0.2) is 59.5 Å². The van der Waals surface area contributed by atoms with Crippen LogP contribution in [-0.4, -0.2) is 61.0 Å². The van der Waals surface area contributed by atoms with Crippen LogP contribution >= 0.6 is 11.8 Å². The Balaban J connectivity index is 1.11. The van der Waals surface area contributed by atoms with Crippen molar-refractivity contribution in [1.29, 1.82) is 0 Å². The molecule has 154 valence electrons. The molecular formula is C24H30N2O2S. The smallest absolute Gasteiger partial charge is 0.233 e. The van der Waals surface area contributed by atoms with Gasteiger partial charge < -0.3 is 9.64 Å². The van der Waals surface area contributed by atoms with Gasteiger partial charge in [0.05, 0.1) is 19.1 Å². The minimum Gasteiger partial charge on any atom is -0.366 e. The van der Waals surface area contributed by atoms with Gasteiger partial charge in [-0.2, -0.15) is 0 Å². The molecule has 0 N–H and O–H groups in total. The number of nitrogens with zero attached hydrogens (tertiary/aromatic N) is 2. The molecular weight excluding hydrogens is 380 g/mol. The molecule has 2 aliphatic rings. The highest BCUT2D eigenvalue weighted by Crippen LogP contribution is 2.47. The van der Waals surface area contributed by atoms with E-state index in [1.54, 1.807) is 11.8 Å². The number of aryl methyl sites for hydroxylation is 1. The van der Waals surface area contributed by atoms with Crippen LogP contribution in [0.2, 0.25) is 0 Å². The van der Waals surface area contributed by atoms with E-state index in [-0.39, 0.29) is 5.91 Å². The Hall–Kier alpha value is -1.82. The Labute approximate surface area is 178 Å². The first-order valence-electron chi connectivity index (χ1n) is 10.5. The highest BCUT2D eigenvalue weighted by molar-refractivity contribution is 8.00. The van der Waals surface area contributed by atoms with E-state index in [2.05, 4.69) is 54.3 Å². The number of carbonyl (C=O) groups is 1. The van der Waals surface area contributed by atoms with Crippen molar-refractivity contribution in [3.63, 3.8) is 0 Å². The molecule has 5 heteroatoms. The second kappa shape index (κ2) is 9.79. The van der Waals surface area contributed by atoms with Crippen LogP contribution < -0.4 is 0 Å². The molecule has 1 amide bonds. The summed E-state index contributed by atoms with van der Waals surface area (Å²) < 4.78 is 5.98. The van der Waals surface area contributed by atoms with Crippen LogP contribution in [0.1, 0.15) is 23.5 Å². The molecule has 0 spiro atoms. The van der Waals surface area contributed by atoms with E-state index >= 15 is 0 Å². The normalized spacial score (nSPS) is 21.9. The van der Waals surface area contributed by atoms with E-state index in [0.717, 1.165) is 32.8 Å². The van der Waals surface area contributed by atoms with Crippen molar-refractivity contribution >= 4 is 17.7 Å². The molecule has 2 aromatic carbocycles. The molecule has 29 heavy (non-hydrogen) atoms. The van der Waals surface area contributed by atoms with E-state index in [1.165, 1.54) is 22.4 Å². The molecule has 1 heterocycles. The number of benzene rings is 2. The van der Waals surface area contributed by atoms with E-state index in [4.69, 9.17) is 4.74 Å². The quantitative estimate of drug-likeness (QED) is 0.616. The molecule has 0 bridgehead atoms. The fourth-order valence-corrected chi connectivity index (χ4v) is 4.88. The van der Waals surface area contributed by atoms with Gasteiger partial charge in [-0.25, -0.2) is 0 Å². The predicted octanol–water partition coefficient (Wildman–Crippen LogP) is 4.01. The SMILES string of the molecule is Cc1ccccc1SCC(=O)N1CCN(COC[C@@H]2C[C@H]2c2ccccc2)CC1. The molecule has 1 saturated heterocycles. The van der Waals surface area contributed by atoms with Crippen molar-refractivity contribution in [2.24, 2.45) is 5.92 Å². The van der Waals surface area contributed by atoms with Crippen LogP contribution in [-0.2, 0) is 9.53 Å². The predicted molar refractivity (Wildman–Crippen MR) is 118 cm³/mol. The second-order valence-electron chi connectivity index (χ2n) is 8.07. The molecule has 0 aromatic heterocycles. The highest BCUT2D eigenvalue weighted by Gasteiger charge is 2.38. The first-order chi connectivity index (χ1) is 14.2. The van der Waals surface area contributed by atoms with Crippen LogP contribution in [0.4, 0.5) is 0 Å². The number of rotatable bonds is 8. The molecule has 2 fully saturated rings. The van der Waals surface area contributed by atoms with Crippen LogP contribution in [0, 0.1) is 12.8 Å². The lowest BCUT2D eigenvalue weighted by atomic mass is 10.1. The number of ether oxygens (including phenoxy) is 1. The molecule has 0 unspecified atom stereocenters. The maximum absolute atomic E-state index is 12.5. The third-order valence-corrected chi connectivity index (χ3v) is 7.09. The molecule has 4 rings (SSSR count). The average Bonchev–Trinajstić information content (AvgIpc) is 3.54. The lowest BCUT2D eigenvalue weighted by Gasteiger charge is -2.34. The van der Waals surface area contributed by atoms with Crippen molar-refractivity contribution in [3.8, 4) is 0 Å². The summed E-state index contributed by atoms with van der Waals surface area (Å²) in [6, 6.07) is 19.0. The molecule has 1 aliphatic heterocycles. The second-order valence-corrected chi connectivity index (χ2v) is 9.08. The minimum atomic E-state index is 0.238. The first-order valence-corrected chi connectivity index (χ1v) is 11.5. The summed E-state index contributed by atoms with van der Waals surface area (Å²) in [5.74, 6) is 2.10. The van der Waals surface area contributed by atoms with Gasteiger partial charge in [-0.1, -0.05) is 48.5 Å². The van der Waals surface area contributed by atoms with Crippen molar-refractivity contribution in [2.45, 2.75) is 24.2 Å². The molecule has 1 saturated carbocycles. The molecule has 1 aliphatic carbocycles. The van der Waals surface area contributed by atoms with Crippen molar-refractivity contribution < 1.29 is 9.53 Å². The van der Waals surface area contributed by atoms with Gasteiger partial charge in [0.1, 0.15) is 0 Å². The Morgan fingerprint density at radius 2 is 1.76 bits per heavy atom. The fraction of sp³-hybridized carbons (Fsp3) is 0.458. The van der Waals surface area contributed by atoms with Gasteiger partial charge in [0.15, 0.2) is 0 Å². The summed E-state index contributed by atoms with van der Waals surface area (Å²) >= 11 is 1.64. The van der Waals surface area contributed by atoms with Gasteiger partial charge in [-0.05, 0) is 42.4 Å². The van der Waals surface area contributed by atoms with Gasteiger partial charge in [-0.15, -0.1) is 11.8 Å². The van der Waals surface area contributed by atoms with E-state index < -0.39 is 0 Å². The van der Waals surface area contributed by atoms with Crippen LogP contribution in [0.25, 0.3) is 0 Å². The maximum atomic E-state index is 12.5. The number of hydrogen-bond acceptors (Lipinski definition) is 4. The largest absolute Gasteiger partial charge is 0.366 e. The van der Waals surface area contributed by atoms with Gasteiger partial charge in [-0.3, -0.25) is 9.69 Å². The van der Waals surface area contributed by atoms with Crippen molar-refractivity contribution in [3.05, 3.63) is 65.7 Å². The van der Waals surface area contributed by atoms with Gasteiger partial charge in [0, 0.05) is 31.1 Å². The summed E-state index contributed by atoms with van der Waals surface area (Å²) in [4.78, 5) is 18.0. The Bertz CT molecular complexity index is 806. The zero-order valence-corrected chi connectivity index (χ0v) is 17.9. The minimum absolute atomic E-state index is 0.238. The van der Waals surface area contributed by atoms with Crippen molar-refractivity contribution in [1.82, 2.24) is 9.80 Å². The average molecular weight is 411 g/mol. The number of amides is 1. The standard InChI is InChI=1S/C24H30N2O2S/c1-19-7-5-6-10-23(19)29-17-24(27)26-13-11-25(12-14-26)18-28-16-21-15-22(21)20-8-3-2-4-9-20/h2-10,21-22H,11-18H2,1H3/t21-,22-/m0/s1. The van der Waals surface area contributed by atoms with Gasteiger partial charge in [0.2, 0.25) is 5.91 Å². The van der Waals surface area contributed by atoms with E-state index in [0.29, 0.717) is 24.3 Å². The van der Waals surface area contributed by atoms with Crippen LogP contribution in [0.3, 0.4) is 0 Å². The number of carbonyl (C=O) groups excluding carboxylic acids is 1. The summed E-state index contributed by atoms with van der Waals surface area (Å²) in [7, 11) is 0.